The molecule has 0 aliphatic carbocycles. The molecule has 3 N–H and O–H groups in total. The fourth-order valence-electron chi connectivity index (χ4n) is 3.70. The van der Waals surface area contributed by atoms with E-state index in [1.54, 1.807) is 25.7 Å². The Morgan fingerprint density at radius 2 is 1.47 bits per heavy atom. The zero-order valence-electron chi connectivity index (χ0n) is 26.1. The van der Waals surface area contributed by atoms with E-state index in [1.807, 2.05) is 20.8 Å². The van der Waals surface area contributed by atoms with Crippen molar-refractivity contribution in [1.29, 1.82) is 0 Å². The van der Waals surface area contributed by atoms with Gasteiger partial charge in [-0.1, -0.05) is 26.2 Å². The molecule has 0 aromatic rings. The van der Waals surface area contributed by atoms with Crippen molar-refractivity contribution in [2.24, 2.45) is 10.2 Å². The second kappa shape index (κ2) is 21.3. The van der Waals surface area contributed by atoms with Gasteiger partial charge in [0.25, 0.3) is 0 Å². The molecule has 2 aliphatic rings. The van der Waals surface area contributed by atoms with Gasteiger partial charge < -0.3 is 30.3 Å². The number of azide groups is 2. The third-order valence-corrected chi connectivity index (χ3v) is 6.04. The van der Waals surface area contributed by atoms with Crippen LogP contribution in [-0.2, 0) is 19.1 Å². The van der Waals surface area contributed by atoms with Gasteiger partial charge in [0.15, 0.2) is 0 Å². The summed E-state index contributed by atoms with van der Waals surface area (Å²) in [6, 6.07) is 0.0540. The Hall–Kier alpha value is -3.42. The fraction of sp³-hybridized carbons (Fsp3) is 0.846. The first kappa shape index (κ1) is 39.6. The summed E-state index contributed by atoms with van der Waals surface area (Å²) in [6.45, 7) is 13.3. The molecule has 0 saturated carbocycles. The molecule has 2 rings (SSSR count). The van der Waals surface area contributed by atoms with Crippen LogP contribution in [0.15, 0.2) is 10.2 Å². The third-order valence-electron chi connectivity index (χ3n) is 5.48. The number of hydrogen-bond donors (Lipinski definition) is 3. The molecule has 0 spiro atoms. The number of ether oxygens (including phenoxy) is 2. The van der Waals surface area contributed by atoms with Gasteiger partial charge in [-0.25, -0.2) is 9.59 Å². The fourth-order valence-corrected chi connectivity index (χ4v) is 3.98. The number of carbonyl (C=O) groups is 4. The van der Waals surface area contributed by atoms with Crippen LogP contribution in [0.25, 0.3) is 20.9 Å². The van der Waals surface area contributed by atoms with E-state index in [-0.39, 0.29) is 30.0 Å². The standard InChI is InChI=1S/C13H23N5O3.C8H16BrNO2.C5H8N4O/c1-13(2,3)21-12(20)15-7-4-8-18-10(9-16-17-14)5-6-11(18)19;1-8(2,3)12-7(11)10-6-4-5-9;6-9-7-3-4-1-2-5(10)8-4/h10H,4-9H2,1-3H3,(H,15,20);4-6H2,1-3H3,(H,10,11);4H,1-3H2,(H,8,10)/t10-;;4-/m1.1/s1. The number of nitrogens with zero attached hydrogens (tertiary/aromatic N) is 7. The monoisotopic (exact) mass is 674 g/mol. The molecule has 4 amide bonds. The lowest BCUT2D eigenvalue weighted by Gasteiger charge is -2.24. The lowest BCUT2D eigenvalue weighted by Crippen LogP contribution is -2.38. The highest BCUT2D eigenvalue weighted by atomic mass is 79.9. The first-order chi connectivity index (χ1) is 20.1. The Morgan fingerprint density at radius 1 is 0.930 bits per heavy atom. The van der Waals surface area contributed by atoms with Crippen LogP contribution in [0.3, 0.4) is 0 Å². The highest BCUT2D eigenvalue weighted by Crippen LogP contribution is 2.19. The summed E-state index contributed by atoms with van der Waals surface area (Å²) >= 11 is 3.27. The van der Waals surface area contributed by atoms with Gasteiger partial charge in [-0.2, -0.15) is 0 Å². The molecule has 2 aliphatic heterocycles. The van der Waals surface area contributed by atoms with Gasteiger partial charge in [0.2, 0.25) is 11.8 Å². The molecule has 0 bridgehead atoms. The minimum absolute atomic E-state index is 0.0186. The summed E-state index contributed by atoms with van der Waals surface area (Å²) in [5.41, 5.74) is 15.4. The van der Waals surface area contributed by atoms with Gasteiger partial charge in [-0.05, 0) is 78.3 Å². The maximum Gasteiger partial charge on any atom is 0.407 e. The molecule has 43 heavy (non-hydrogen) atoms. The van der Waals surface area contributed by atoms with Crippen molar-refractivity contribution in [2.75, 3.05) is 38.1 Å². The number of likely N-dealkylation sites (tertiary alicyclic amines) is 1. The number of alkyl carbamates (subject to hydrolysis) is 2. The molecule has 2 heterocycles. The summed E-state index contributed by atoms with van der Waals surface area (Å²) in [5, 5.41) is 15.8. The highest BCUT2D eigenvalue weighted by molar-refractivity contribution is 9.09. The van der Waals surface area contributed by atoms with Crippen LogP contribution in [0.1, 0.15) is 80.1 Å². The van der Waals surface area contributed by atoms with Gasteiger partial charge in [0.1, 0.15) is 11.2 Å². The number of carbonyl (C=O) groups excluding carboxylic acids is 4. The van der Waals surface area contributed by atoms with Crippen molar-refractivity contribution in [1.82, 2.24) is 20.9 Å². The van der Waals surface area contributed by atoms with Crippen molar-refractivity contribution < 1.29 is 28.7 Å². The highest BCUT2D eigenvalue weighted by Gasteiger charge is 2.29. The average Bonchev–Trinajstić information content (AvgIpc) is 3.47. The lowest BCUT2D eigenvalue weighted by molar-refractivity contribution is -0.128. The molecule has 0 aromatic heterocycles. The minimum atomic E-state index is -0.518. The van der Waals surface area contributed by atoms with Crippen molar-refractivity contribution in [2.45, 2.75) is 103 Å². The SMILES string of the molecule is CC(C)(C)OC(=O)NCCCBr.CC(C)(C)OC(=O)NCCCN1C(=O)CC[C@@H]1CN=[N+]=[N-].[N-]=[N+]=NC[C@H]1CCC(=O)N1. The Bertz CT molecular complexity index is 988. The second-order valence-electron chi connectivity index (χ2n) is 11.7. The van der Waals surface area contributed by atoms with E-state index in [9.17, 15) is 19.2 Å². The molecule has 16 nitrogen and oxygen atoms in total. The van der Waals surface area contributed by atoms with E-state index in [2.05, 4.69) is 51.9 Å². The molecule has 0 unspecified atom stereocenters. The smallest absolute Gasteiger partial charge is 0.407 e. The zero-order valence-corrected chi connectivity index (χ0v) is 27.7. The maximum absolute atomic E-state index is 11.7. The van der Waals surface area contributed by atoms with Crippen molar-refractivity contribution in [3.63, 3.8) is 0 Å². The van der Waals surface area contributed by atoms with Gasteiger partial charge in [-0.3, -0.25) is 9.59 Å². The van der Waals surface area contributed by atoms with Crippen LogP contribution in [0.2, 0.25) is 0 Å². The number of amides is 4. The molecule has 0 radical (unpaired) electrons. The average molecular weight is 676 g/mol. The molecule has 244 valence electrons. The molecule has 0 aromatic carbocycles. The Kier molecular flexibility index (Phi) is 19.6. The Morgan fingerprint density at radius 3 is 1.93 bits per heavy atom. The first-order valence-electron chi connectivity index (χ1n) is 14.2. The quantitative estimate of drug-likeness (QED) is 0.0890. The number of hydrogen-bond acceptors (Lipinski definition) is 8. The molecule has 2 atom stereocenters. The molecular formula is C26H47BrN10O6. The van der Waals surface area contributed by atoms with Gasteiger partial charge in [0, 0.05) is 72.8 Å². The normalized spacial score (nSPS) is 17.5. The van der Waals surface area contributed by atoms with E-state index < -0.39 is 17.3 Å². The number of nitrogens with one attached hydrogen (secondary N) is 3. The van der Waals surface area contributed by atoms with E-state index in [0.29, 0.717) is 52.0 Å². The molecular weight excluding hydrogens is 628 g/mol. The summed E-state index contributed by atoms with van der Waals surface area (Å²) in [7, 11) is 0. The summed E-state index contributed by atoms with van der Waals surface area (Å²) in [6.07, 6.45) is 3.31. The number of halogens is 1. The maximum atomic E-state index is 11.7. The van der Waals surface area contributed by atoms with Crippen LogP contribution >= 0.6 is 15.9 Å². The van der Waals surface area contributed by atoms with Crippen LogP contribution in [0.5, 0.6) is 0 Å². The van der Waals surface area contributed by atoms with E-state index >= 15 is 0 Å². The lowest BCUT2D eigenvalue weighted by atomic mass is 10.2. The van der Waals surface area contributed by atoms with Crippen LogP contribution in [0.4, 0.5) is 9.59 Å². The molecule has 17 heteroatoms. The van der Waals surface area contributed by atoms with Crippen molar-refractivity contribution in [3.8, 4) is 0 Å². The predicted molar refractivity (Wildman–Crippen MR) is 165 cm³/mol. The third kappa shape index (κ3) is 21.9. The topological polar surface area (TPSA) is 224 Å². The van der Waals surface area contributed by atoms with Crippen molar-refractivity contribution >= 4 is 39.9 Å². The van der Waals surface area contributed by atoms with Gasteiger partial charge in [-0.15, -0.1) is 0 Å². The second-order valence-corrected chi connectivity index (χ2v) is 12.5. The summed E-state index contributed by atoms with van der Waals surface area (Å²) < 4.78 is 10.1. The van der Waals surface area contributed by atoms with E-state index in [1.165, 1.54) is 0 Å². The summed E-state index contributed by atoms with van der Waals surface area (Å²) in [5.74, 6) is 0.128. The molecule has 2 saturated heterocycles. The number of rotatable bonds is 11. The predicted octanol–water partition coefficient (Wildman–Crippen LogP) is 5.07. The zero-order chi connectivity index (χ0) is 32.9. The minimum Gasteiger partial charge on any atom is -0.444 e. The Balaban J connectivity index is 0.000000677. The van der Waals surface area contributed by atoms with Crippen molar-refractivity contribution in [3.05, 3.63) is 20.9 Å². The summed E-state index contributed by atoms with van der Waals surface area (Å²) in [4.78, 5) is 51.8. The van der Waals surface area contributed by atoms with E-state index in [0.717, 1.165) is 24.6 Å². The van der Waals surface area contributed by atoms with Gasteiger partial charge >= 0.3 is 12.2 Å². The van der Waals surface area contributed by atoms with Crippen LogP contribution in [0, 0.1) is 0 Å². The van der Waals surface area contributed by atoms with Gasteiger partial charge in [0.05, 0.1) is 0 Å². The van der Waals surface area contributed by atoms with Crippen LogP contribution in [-0.4, -0.2) is 90.2 Å². The Labute approximate surface area is 261 Å². The van der Waals surface area contributed by atoms with E-state index in [4.69, 9.17) is 20.5 Å². The van der Waals surface area contributed by atoms with Crippen LogP contribution < -0.4 is 16.0 Å². The molecule has 2 fully saturated rings. The first-order valence-corrected chi connectivity index (χ1v) is 15.3. The number of alkyl halides is 1. The largest absolute Gasteiger partial charge is 0.444 e.